The minimum Gasteiger partial charge on any atom is -0.466 e. The van der Waals surface area contributed by atoms with E-state index in [-0.39, 0.29) is 23.3 Å². The van der Waals surface area contributed by atoms with Crippen LogP contribution in [0, 0.1) is 11.8 Å². The van der Waals surface area contributed by atoms with Gasteiger partial charge in [0, 0.05) is 35.9 Å². The number of piperidine rings is 1. The van der Waals surface area contributed by atoms with E-state index in [1.165, 1.54) is 12.7 Å². The van der Waals surface area contributed by atoms with Crippen molar-refractivity contribution < 1.29 is 14.6 Å². The molecule has 6 atom stereocenters. The normalized spacial score (nSPS) is 44.1. The molecule has 6 rings (SSSR count). The molecule has 0 radical (unpaired) electrons. The largest absolute Gasteiger partial charge is 0.466 e. The van der Waals surface area contributed by atoms with Crippen molar-refractivity contribution in [3.63, 3.8) is 0 Å². The van der Waals surface area contributed by atoms with Gasteiger partial charge in [0.25, 0.3) is 0 Å². The van der Waals surface area contributed by atoms with E-state index in [0.29, 0.717) is 12.0 Å². The van der Waals surface area contributed by atoms with Crippen LogP contribution in [-0.2, 0) is 14.9 Å². The monoisotopic (exact) mass is 352 g/mol. The van der Waals surface area contributed by atoms with Crippen LogP contribution in [0.3, 0.4) is 0 Å². The highest BCUT2D eigenvalue weighted by atomic mass is 16.5. The first-order chi connectivity index (χ1) is 12.6. The molecule has 0 unspecified atom stereocenters. The minimum atomic E-state index is -0.699. The van der Waals surface area contributed by atoms with Crippen LogP contribution >= 0.6 is 0 Å². The molecule has 136 valence electrons. The van der Waals surface area contributed by atoms with Crippen molar-refractivity contribution >= 4 is 11.7 Å². The zero-order chi connectivity index (χ0) is 17.8. The lowest BCUT2D eigenvalue weighted by molar-refractivity contribution is -0.137. The predicted molar refractivity (Wildman–Crippen MR) is 96.5 cm³/mol. The van der Waals surface area contributed by atoms with Crippen molar-refractivity contribution in [2.75, 3.05) is 19.0 Å². The highest BCUT2D eigenvalue weighted by Gasteiger charge is 2.76. The molecule has 2 N–H and O–H groups in total. The molecule has 1 spiro atoms. The second-order valence-electron chi connectivity index (χ2n) is 8.65. The van der Waals surface area contributed by atoms with Gasteiger partial charge in [-0.3, -0.25) is 4.90 Å². The number of methoxy groups -OCH3 is 1. The second-order valence-corrected chi connectivity index (χ2v) is 8.65. The van der Waals surface area contributed by atoms with Crippen molar-refractivity contribution in [3.8, 4) is 0 Å². The Morgan fingerprint density at radius 3 is 2.96 bits per heavy atom. The Bertz CT molecular complexity index is 880. The van der Waals surface area contributed by atoms with Crippen molar-refractivity contribution in [2.24, 2.45) is 11.8 Å². The Labute approximate surface area is 153 Å². The maximum atomic E-state index is 12.9. The lowest BCUT2D eigenvalue weighted by atomic mass is 9.62. The number of carbonyl (C=O) groups is 1. The lowest BCUT2D eigenvalue weighted by Crippen LogP contribution is -2.55. The summed E-state index contributed by atoms with van der Waals surface area (Å²) in [5.74, 6) is 0.160. The van der Waals surface area contributed by atoms with Gasteiger partial charge in [-0.2, -0.15) is 0 Å². The smallest absolute Gasteiger partial charge is 0.335 e. The van der Waals surface area contributed by atoms with Gasteiger partial charge in [0.05, 0.1) is 23.7 Å². The topological polar surface area (TPSA) is 61.8 Å². The number of fused-ring (bicyclic) bond motifs is 2. The van der Waals surface area contributed by atoms with Crippen molar-refractivity contribution in [3.05, 3.63) is 41.1 Å². The number of ether oxygens (including phenoxy) is 1. The number of benzene rings is 1. The molecule has 1 aromatic carbocycles. The standard InChI is InChI=1S/C21H24N2O3/c1-3-20(25)10-11-14-15(19(24)26-2)16-21(8-9-23(17(11)21)18(14)20)12-6-4-5-7-13(12)22-16/h4-7,11,14,17-18,22,25H,3,8-10H2,1-2H3/t11-,14-,17-,18-,20+,21-/m0/s1. The number of nitrogens with one attached hydrogen (secondary N) is 1. The number of para-hydroxylation sites is 1. The van der Waals surface area contributed by atoms with Gasteiger partial charge in [-0.15, -0.1) is 0 Å². The van der Waals surface area contributed by atoms with Crippen molar-refractivity contribution in [1.29, 1.82) is 0 Å². The lowest BCUT2D eigenvalue weighted by Gasteiger charge is -2.45. The minimum absolute atomic E-state index is 0.0306. The SMILES string of the molecule is CC[C@@]1(O)C[C@H]2[C@H]3C(C(=O)OC)=C4Nc5ccccc5[C@@]45CCN([C@@H]31)[C@@H]25. The van der Waals surface area contributed by atoms with Crippen LogP contribution in [0.25, 0.3) is 0 Å². The Morgan fingerprint density at radius 1 is 1.38 bits per heavy atom. The fraction of sp³-hybridized carbons (Fsp3) is 0.571. The van der Waals surface area contributed by atoms with Gasteiger partial charge >= 0.3 is 5.97 Å². The number of hydrogen-bond donors (Lipinski definition) is 2. The Balaban J connectivity index is 1.65. The molecule has 1 saturated carbocycles. The predicted octanol–water partition coefficient (Wildman–Crippen LogP) is 2.02. The number of carbonyl (C=O) groups excluding carboxylic acids is 1. The first-order valence-corrected chi connectivity index (χ1v) is 9.74. The summed E-state index contributed by atoms with van der Waals surface area (Å²) >= 11 is 0. The third-order valence-electron chi connectivity index (χ3n) is 8.06. The van der Waals surface area contributed by atoms with Crippen LogP contribution in [0.5, 0.6) is 0 Å². The number of rotatable bonds is 2. The molecule has 5 heteroatoms. The first kappa shape index (κ1) is 15.2. The number of aliphatic hydroxyl groups is 1. The maximum absolute atomic E-state index is 12.9. The number of esters is 1. The van der Waals surface area contributed by atoms with E-state index >= 15 is 0 Å². The number of nitrogens with zero attached hydrogens (tertiary/aromatic N) is 1. The summed E-state index contributed by atoms with van der Waals surface area (Å²) in [7, 11) is 1.47. The molecule has 26 heavy (non-hydrogen) atoms. The van der Waals surface area contributed by atoms with Gasteiger partial charge in [-0.1, -0.05) is 25.1 Å². The third-order valence-corrected chi connectivity index (χ3v) is 8.06. The fourth-order valence-electron chi connectivity index (χ4n) is 7.32. The summed E-state index contributed by atoms with van der Waals surface area (Å²) in [5.41, 5.74) is 3.44. The second kappa shape index (κ2) is 4.52. The maximum Gasteiger partial charge on any atom is 0.335 e. The van der Waals surface area contributed by atoms with Gasteiger partial charge in [-0.25, -0.2) is 4.79 Å². The van der Waals surface area contributed by atoms with Crippen LogP contribution in [0.2, 0.25) is 0 Å². The van der Waals surface area contributed by atoms with Crippen LogP contribution in [0.1, 0.15) is 31.7 Å². The molecular weight excluding hydrogens is 328 g/mol. The molecule has 4 bridgehead atoms. The molecule has 2 saturated heterocycles. The summed E-state index contributed by atoms with van der Waals surface area (Å²) in [5, 5.41) is 15.0. The summed E-state index contributed by atoms with van der Waals surface area (Å²) in [6.45, 7) is 3.05. The molecule has 3 heterocycles. The van der Waals surface area contributed by atoms with E-state index in [2.05, 4.69) is 35.3 Å². The van der Waals surface area contributed by atoms with Crippen molar-refractivity contribution in [1.82, 2.24) is 4.90 Å². The van der Waals surface area contributed by atoms with Gasteiger partial charge in [-0.05, 0) is 36.8 Å². The molecular formula is C21H24N2O3. The molecule has 0 amide bonds. The van der Waals surface area contributed by atoms with Gasteiger partial charge in [0.1, 0.15) is 0 Å². The van der Waals surface area contributed by atoms with Crippen LogP contribution in [0.4, 0.5) is 5.69 Å². The Morgan fingerprint density at radius 2 is 2.19 bits per heavy atom. The fourth-order valence-corrected chi connectivity index (χ4v) is 7.32. The van der Waals surface area contributed by atoms with Gasteiger partial charge < -0.3 is 15.2 Å². The van der Waals surface area contributed by atoms with E-state index in [0.717, 1.165) is 42.8 Å². The third kappa shape index (κ3) is 1.37. The summed E-state index contributed by atoms with van der Waals surface area (Å²) < 4.78 is 5.24. The average Bonchev–Trinajstić information content (AvgIpc) is 3.34. The molecule has 5 nitrogen and oxygen atoms in total. The molecule has 3 fully saturated rings. The number of anilines is 1. The summed E-state index contributed by atoms with van der Waals surface area (Å²) in [6, 6.07) is 8.88. The van der Waals surface area contributed by atoms with Crippen LogP contribution < -0.4 is 5.32 Å². The van der Waals surface area contributed by atoms with E-state index in [4.69, 9.17) is 4.74 Å². The Hall–Kier alpha value is -1.85. The summed E-state index contributed by atoms with van der Waals surface area (Å²) in [4.78, 5) is 15.4. The average molecular weight is 352 g/mol. The van der Waals surface area contributed by atoms with Crippen molar-refractivity contribution in [2.45, 2.75) is 49.3 Å². The van der Waals surface area contributed by atoms with Crippen LogP contribution in [0.15, 0.2) is 35.5 Å². The quantitative estimate of drug-likeness (QED) is 0.798. The van der Waals surface area contributed by atoms with E-state index < -0.39 is 5.60 Å². The Kier molecular flexibility index (Phi) is 2.65. The summed E-state index contributed by atoms with van der Waals surface area (Å²) in [6.07, 6.45) is 2.52. The van der Waals surface area contributed by atoms with Gasteiger partial charge in [0.15, 0.2) is 0 Å². The highest BCUT2D eigenvalue weighted by Crippen LogP contribution is 2.70. The van der Waals surface area contributed by atoms with Gasteiger partial charge in [0.2, 0.25) is 0 Å². The zero-order valence-corrected chi connectivity index (χ0v) is 15.2. The molecule has 1 aromatic rings. The molecule has 2 aliphatic carbocycles. The zero-order valence-electron chi connectivity index (χ0n) is 15.2. The highest BCUT2D eigenvalue weighted by molar-refractivity contribution is 5.94. The first-order valence-electron chi connectivity index (χ1n) is 9.74. The van der Waals surface area contributed by atoms with Crippen LogP contribution in [-0.4, -0.2) is 47.3 Å². The molecule has 5 aliphatic rings. The molecule has 0 aromatic heterocycles. The van der Waals surface area contributed by atoms with E-state index in [1.54, 1.807) is 0 Å². The van der Waals surface area contributed by atoms with E-state index in [9.17, 15) is 9.90 Å². The number of hydrogen-bond acceptors (Lipinski definition) is 5. The molecule has 3 aliphatic heterocycles. The van der Waals surface area contributed by atoms with E-state index in [1.807, 2.05) is 6.07 Å².